The lowest BCUT2D eigenvalue weighted by Gasteiger charge is -2.06. The van der Waals surface area contributed by atoms with Crippen LogP contribution >= 0.6 is 12.2 Å². The summed E-state index contributed by atoms with van der Waals surface area (Å²) in [6, 6.07) is 9.66. The molecule has 3 rings (SSSR count). The van der Waals surface area contributed by atoms with Crippen molar-refractivity contribution in [2.75, 3.05) is 6.61 Å². The molecule has 23 heavy (non-hydrogen) atoms. The van der Waals surface area contributed by atoms with Crippen LogP contribution in [0.15, 0.2) is 41.3 Å². The van der Waals surface area contributed by atoms with Crippen molar-refractivity contribution in [1.82, 2.24) is 14.5 Å². The van der Waals surface area contributed by atoms with Crippen LogP contribution in [0.2, 0.25) is 0 Å². The van der Waals surface area contributed by atoms with Crippen LogP contribution in [0.25, 0.3) is 22.2 Å². The number of carbonyl (C=O) groups excluding carboxylic acids is 1. The highest BCUT2D eigenvalue weighted by atomic mass is 32.1. The monoisotopic (exact) mass is 329 g/mol. The number of benzene rings is 1. The molecule has 0 bridgehead atoms. The summed E-state index contributed by atoms with van der Waals surface area (Å²) in [6.45, 7) is 1.76. The molecule has 0 aliphatic carbocycles. The van der Waals surface area contributed by atoms with Gasteiger partial charge in [-0.15, -0.1) is 0 Å². The van der Waals surface area contributed by atoms with Crippen molar-refractivity contribution in [3.8, 4) is 11.1 Å². The number of H-pyrrole nitrogens is 2. The summed E-state index contributed by atoms with van der Waals surface area (Å²) in [6.07, 6.45) is 1.75. The molecule has 2 aromatic heterocycles. The van der Waals surface area contributed by atoms with Gasteiger partial charge in [0.05, 0.1) is 12.1 Å². The lowest BCUT2D eigenvalue weighted by molar-refractivity contribution is -0.143. The van der Waals surface area contributed by atoms with Crippen LogP contribution in [0.1, 0.15) is 6.92 Å². The summed E-state index contributed by atoms with van der Waals surface area (Å²) < 4.78 is 6.26. The maximum Gasteiger partial charge on any atom is 0.326 e. The van der Waals surface area contributed by atoms with Crippen molar-refractivity contribution < 1.29 is 9.53 Å². The van der Waals surface area contributed by atoms with Crippen LogP contribution in [0.5, 0.6) is 0 Å². The third kappa shape index (κ3) is 2.83. The Morgan fingerprint density at radius 1 is 1.26 bits per heavy atom. The summed E-state index contributed by atoms with van der Waals surface area (Å²) in [5.74, 6) is -0.497. The van der Waals surface area contributed by atoms with Crippen molar-refractivity contribution in [3.63, 3.8) is 0 Å². The van der Waals surface area contributed by atoms with Gasteiger partial charge >= 0.3 is 5.97 Å². The third-order valence-electron chi connectivity index (χ3n) is 3.49. The number of esters is 1. The Labute approximate surface area is 136 Å². The number of hydrogen-bond acceptors (Lipinski definition) is 4. The number of nitrogens with zero attached hydrogens (tertiary/aromatic N) is 1. The van der Waals surface area contributed by atoms with Crippen molar-refractivity contribution in [3.05, 3.63) is 51.7 Å². The van der Waals surface area contributed by atoms with Gasteiger partial charge in [-0.05, 0) is 24.7 Å². The Kier molecular flexibility index (Phi) is 4.12. The van der Waals surface area contributed by atoms with E-state index in [4.69, 9.17) is 17.0 Å². The molecular formula is C16H15N3O3S. The number of ether oxygens (including phenoxy) is 1. The molecule has 118 valence electrons. The normalized spacial score (nSPS) is 10.8. The smallest absolute Gasteiger partial charge is 0.326 e. The first kappa shape index (κ1) is 15.2. The molecule has 0 unspecified atom stereocenters. The molecule has 0 saturated heterocycles. The SMILES string of the molecule is CCOC(=O)Cn1c(=S)[nH]c2c(-c3ccccc3)c[nH]c2c1=O. The van der Waals surface area contributed by atoms with E-state index in [-0.39, 0.29) is 23.5 Å². The standard InChI is InChI=1S/C16H15N3O3S/c1-2-22-12(20)9-19-15(21)14-13(18-16(19)23)11(8-17-14)10-6-4-3-5-7-10/h3-8,17H,2,9H2,1H3,(H,18,23). The summed E-state index contributed by atoms with van der Waals surface area (Å²) in [5.41, 5.74) is 2.48. The van der Waals surface area contributed by atoms with E-state index in [0.717, 1.165) is 11.1 Å². The summed E-state index contributed by atoms with van der Waals surface area (Å²) >= 11 is 5.23. The molecule has 0 saturated carbocycles. The molecule has 3 aromatic rings. The van der Waals surface area contributed by atoms with Gasteiger partial charge in [0.15, 0.2) is 4.77 Å². The Balaban J connectivity index is 2.14. The molecule has 0 radical (unpaired) electrons. The van der Waals surface area contributed by atoms with Gasteiger partial charge in [-0.1, -0.05) is 30.3 Å². The number of hydrogen-bond donors (Lipinski definition) is 2. The van der Waals surface area contributed by atoms with Gasteiger partial charge in [-0.25, -0.2) is 0 Å². The van der Waals surface area contributed by atoms with E-state index in [9.17, 15) is 9.59 Å². The zero-order valence-electron chi connectivity index (χ0n) is 12.5. The predicted molar refractivity (Wildman–Crippen MR) is 89.8 cm³/mol. The molecule has 0 atom stereocenters. The van der Waals surface area contributed by atoms with Crippen LogP contribution in [0, 0.1) is 4.77 Å². The molecule has 0 spiro atoms. The topological polar surface area (TPSA) is 79.9 Å². The number of nitrogens with one attached hydrogen (secondary N) is 2. The molecule has 0 amide bonds. The molecule has 2 N–H and O–H groups in total. The Hall–Kier alpha value is -2.67. The Morgan fingerprint density at radius 2 is 2.00 bits per heavy atom. The summed E-state index contributed by atoms with van der Waals surface area (Å²) in [7, 11) is 0. The highest BCUT2D eigenvalue weighted by Crippen LogP contribution is 2.25. The van der Waals surface area contributed by atoms with Gasteiger partial charge < -0.3 is 14.7 Å². The first-order valence-corrected chi connectivity index (χ1v) is 7.58. The molecule has 0 aliphatic rings. The van der Waals surface area contributed by atoms with Crippen molar-refractivity contribution in [1.29, 1.82) is 0 Å². The fraction of sp³-hybridized carbons (Fsp3) is 0.188. The largest absolute Gasteiger partial charge is 0.465 e. The van der Waals surface area contributed by atoms with Gasteiger partial charge in [-0.2, -0.15) is 0 Å². The van der Waals surface area contributed by atoms with Crippen LogP contribution in [0.4, 0.5) is 0 Å². The quantitative estimate of drug-likeness (QED) is 0.569. The Morgan fingerprint density at radius 3 is 2.70 bits per heavy atom. The first-order chi connectivity index (χ1) is 11.1. The fourth-order valence-electron chi connectivity index (χ4n) is 2.45. The molecule has 1 aromatic carbocycles. The number of carbonyl (C=O) groups is 1. The van der Waals surface area contributed by atoms with Crippen molar-refractivity contribution >= 4 is 29.2 Å². The average molecular weight is 329 g/mol. The molecular weight excluding hydrogens is 314 g/mol. The summed E-state index contributed by atoms with van der Waals surface area (Å²) in [5, 5.41) is 0. The third-order valence-corrected chi connectivity index (χ3v) is 3.82. The minimum atomic E-state index is -0.497. The van der Waals surface area contributed by atoms with Crippen molar-refractivity contribution in [2.24, 2.45) is 0 Å². The minimum Gasteiger partial charge on any atom is -0.465 e. The number of aromatic nitrogens is 3. The summed E-state index contributed by atoms with van der Waals surface area (Å²) in [4.78, 5) is 30.2. The van der Waals surface area contributed by atoms with E-state index >= 15 is 0 Å². The zero-order valence-corrected chi connectivity index (χ0v) is 13.3. The zero-order chi connectivity index (χ0) is 16.4. The maximum atomic E-state index is 12.6. The van der Waals surface area contributed by atoms with Crippen LogP contribution in [-0.2, 0) is 16.1 Å². The van der Waals surface area contributed by atoms with E-state index in [1.807, 2.05) is 30.3 Å². The van der Waals surface area contributed by atoms with Gasteiger partial charge in [0.2, 0.25) is 0 Å². The highest BCUT2D eigenvalue weighted by Gasteiger charge is 2.14. The van der Waals surface area contributed by atoms with Gasteiger partial charge in [-0.3, -0.25) is 14.2 Å². The second kappa shape index (κ2) is 6.21. The predicted octanol–water partition coefficient (Wildman–Crippen LogP) is 2.62. The fourth-order valence-corrected chi connectivity index (χ4v) is 2.70. The average Bonchev–Trinajstić information content (AvgIpc) is 2.96. The number of rotatable bonds is 4. The minimum absolute atomic E-state index is 0.187. The van der Waals surface area contributed by atoms with E-state index in [0.29, 0.717) is 11.0 Å². The molecule has 7 heteroatoms. The van der Waals surface area contributed by atoms with E-state index in [1.165, 1.54) is 4.57 Å². The number of aromatic amines is 2. The molecule has 6 nitrogen and oxygen atoms in total. The first-order valence-electron chi connectivity index (χ1n) is 7.17. The Bertz CT molecular complexity index is 970. The lowest BCUT2D eigenvalue weighted by Crippen LogP contribution is -2.27. The van der Waals surface area contributed by atoms with E-state index in [2.05, 4.69) is 9.97 Å². The lowest BCUT2D eigenvalue weighted by atomic mass is 10.1. The van der Waals surface area contributed by atoms with E-state index in [1.54, 1.807) is 13.1 Å². The van der Waals surface area contributed by atoms with Crippen LogP contribution in [-0.4, -0.2) is 27.1 Å². The molecule has 2 heterocycles. The maximum absolute atomic E-state index is 12.6. The molecule has 0 fully saturated rings. The van der Waals surface area contributed by atoms with E-state index < -0.39 is 5.97 Å². The highest BCUT2D eigenvalue weighted by molar-refractivity contribution is 7.71. The van der Waals surface area contributed by atoms with Crippen LogP contribution < -0.4 is 5.56 Å². The van der Waals surface area contributed by atoms with Gasteiger partial charge in [0, 0.05) is 11.8 Å². The second-order valence-corrected chi connectivity index (χ2v) is 5.33. The second-order valence-electron chi connectivity index (χ2n) is 4.94. The van der Waals surface area contributed by atoms with Crippen LogP contribution in [0.3, 0.4) is 0 Å². The van der Waals surface area contributed by atoms with Gasteiger partial charge in [0.25, 0.3) is 5.56 Å². The number of fused-ring (bicyclic) bond motifs is 1. The van der Waals surface area contributed by atoms with Crippen molar-refractivity contribution in [2.45, 2.75) is 13.5 Å². The molecule has 0 aliphatic heterocycles. The van der Waals surface area contributed by atoms with Gasteiger partial charge in [0.1, 0.15) is 12.1 Å².